The van der Waals surface area contributed by atoms with Gasteiger partial charge in [-0.1, -0.05) is 166 Å². The van der Waals surface area contributed by atoms with Crippen molar-refractivity contribution in [1.82, 2.24) is 9.13 Å². The molecule has 2 heterocycles. The lowest BCUT2D eigenvalue weighted by Gasteiger charge is -2.10. The van der Waals surface area contributed by atoms with E-state index in [1.807, 2.05) is 0 Å². The van der Waals surface area contributed by atoms with Gasteiger partial charge in [0.15, 0.2) is 0 Å². The van der Waals surface area contributed by atoms with Crippen LogP contribution < -0.4 is 0 Å². The summed E-state index contributed by atoms with van der Waals surface area (Å²) in [6.07, 6.45) is 27.6. The number of nitrogens with zero attached hydrogens (tertiary/aromatic N) is 2. The van der Waals surface area contributed by atoms with Crippen LogP contribution in [-0.2, 0) is 13.1 Å². The largest absolute Gasteiger partial charge is 0.340 e. The molecule has 0 amide bonds. The standard InChI is InChI=1S/C46H62N2/c1-3-5-7-9-11-13-15-17-19-25-31-47-43-29-23-21-27-39(43)41-33-38-36-46-42(34-37(38)35-45(41)47)40-28-22-24-30-44(40)48(46)32-26-20-18-16-14-12-10-8-6-4-2/h21-24,27-30,33-36H,3-20,25-26,31-32H2,1-2H3. The molecule has 0 unspecified atom stereocenters. The summed E-state index contributed by atoms with van der Waals surface area (Å²) < 4.78 is 5.24. The number of hydrogen-bond acceptors (Lipinski definition) is 0. The van der Waals surface area contributed by atoms with Crippen LogP contribution in [0.3, 0.4) is 0 Å². The molecule has 0 N–H and O–H groups in total. The van der Waals surface area contributed by atoms with Crippen molar-refractivity contribution in [1.29, 1.82) is 0 Å². The number of aryl methyl sites for hydroxylation is 2. The van der Waals surface area contributed by atoms with Crippen LogP contribution in [0.5, 0.6) is 0 Å². The maximum atomic E-state index is 2.62. The fraction of sp³-hybridized carbons (Fsp3) is 0.522. The summed E-state index contributed by atoms with van der Waals surface area (Å²) in [5.41, 5.74) is 5.57. The molecular formula is C46H62N2. The molecule has 2 nitrogen and oxygen atoms in total. The Labute approximate surface area is 290 Å². The zero-order valence-electron chi connectivity index (χ0n) is 30.4. The first-order chi connectivity index (χ1) is 23.8. The van der Waals surface area contributed by atoms with Gasteiger partial charge >= 0.3 is 0 Å². The highest BCUT2D eigenvalue weighted by Crippen LogP contribution is 2.37. The fourth-order valence-corrected chi connectivity index (χ4v) is 8.33. The first kappa shape index (κ1) is 34.6. The van der Waals surface area contributed by atoms with Crippen molar-refractivity contribution in [2.75, 3.05) is 0 Å². The maximum Gasteiger partial charge on any atom is 0.0497 e. The SMILES string of the molecule is CCCCCCCCCCCCn1c2ccccc2c2cc3cc4c(cc3cc21)c1ccccc1n4CCCCCCCCCCCC. The monoisotopic (exact) mass is 642 g/mol. The van der Waals surface area contributed by atoms with E-state index < -0.39 is 0 Å². The Kier molecular flexibility index (Phi) is 12.9. The van der Waals surface area contributed by atoms with Gasteiger partial charge < -0.3 is 9.13 Å². The lowest BCUT2D eigenvalue weighted by molar-refractivity contribution is 0.541. The maximum absolute atomic E-state index is 2.62. The van der Waals surface area contributed by atoms with Gasteiger partial charge in [0, 0.05) is 56.7 Å². The Hall–Kier alpha value is -3.26. The van der Waals surface area contributed by atoms with Crippen LogP contribution in [0.1, 0.15) is 142 Å². The van der Waals surface area contributed by atoms with Gasteiger partial charge in [0.05, 0.1) is 0 Å². The minimum atomic E-state index is 1.10. The summed E-state index contributed by atoms with van der Waals surface area (Å²) in [6, 6.07) is 28.2. The van der Waals surface area contributed by atoms with E-state index >= 15 is 0 Å². The Balaban J connectivity index is 1.18. The van der Waals surface area contributed by atoms with E-state index in [2.05, 4.69) is 95.8 Å². The molecule has 0 radical (unpaired) electrons. The van der Waals surface area contributed by atoms with Crippen LogP contribution in [0.2, 0.25) is 0 Å². The van der Waals surface area contributed by atoms with Crippen LogP contribution in [0.4, 0.5) is 0 Å². The first-order valence-electron chi connectivity index (χ1n) is 20.2. The zero-order chi connectivity index (χ0) is 33.0. The lowest BCUT2D eigenvalue weighted by atomic mass is 10.0. The van der Waals surface area contributed by atoms with Crippen molar-refractivity contribution in [2.45, 2.75) is 155 Å². The third-order valence-corrected chi connectivity index (χ3v) is 11.1. The second-order valence-corrected chi connectivity index (χ2v) is 14.8. The van der Waals surface area contributed by atoms with Gasteiger partial charge in [-0.25, -0.2) is 0 Å². The Morgan fingerprint density at radius 3 is 1.04 bits per heavy atom. The molecule has 0 saturated carbocycles. The van der Waals surface area contributed by atoms with Crippen molar-refractivity contribution in [2.24, 2.45) is 0 Å². The second kappa shape index (κ2) is 17.9. The van der Waals surface area contributed by atoms with E-state index in [-0.39, 0.29) is 0 Å². The summed E-state index contributed by atoms with van der Waals surface area (Å²) in [5.74, 6) is 0. The molecule has 256 valence electrons. The van der Waals surface area contributed by atoms with E-state index in [9.17, 15) is 0 Å². The molecular weight excluding hydrogens is 581 g/mol. The minimum Gasteiger partial charge on any atom is -0.340 e. The highest BCUT2D eigenvalue weighted by molar-refractivity contribution is 6.17. The molecule has 2 heteroatoms. The van der Waals surface area contributed by atoms with Gasteiger partial charge in [-0.3, -0.25) is 0 Å². The molecule has 48 heavy (non-hydrogen) atoms. The number of benzene rings is 4. The second-order valence-electron chi connectivity index (χ2n) is 14.8. The molecule has 0 atom stereocenters. The Bertz CT molecular complexity index is 1730. The number of unbranched alkanes of at least 4 members (excludes halogenated alkanes) is 18. The van der Waals surface area contributed by atoms with E-state index in [1.165, 1.54) is 183 Å². The highest BCUT2D eigenvalue weighted by atomic mass is 15.0. The Morgan fingerprint density at radius 1 is 0.333 bits per heavy atom. The highest BCUT2D eigenvalue weighted by Gasteiger charge is 2.15. The lowest BCUT2D eigenvalue weighted by Crippen LogP contribution is -1.98. The summed E-state index contributed by atoms with van der Waals surface area (Å²) >= 11 is 0. The summed E-state index contributed by atoms with van der Waals surface area (Å²) in [6.45, 7) is 6.81. The number of aromatic nitrogens is 2. The number of rotatable bonds is 22. The predicted molar refractivity (Wildman–Crippen MR) is 214 cm³/mol. The van der Waals surface area contributed by atoms with Crippen LogP contribution >= 0.6 is 0 Å². The predicted octanol–water partition coefficient (Wildman–Crippen LogP) is 14.9. The third-order valence-electron chi connectivity index (χ3n) is 11.1. The van der Waals surface area contributed by atoms with Crippen molar-refractivity contribution in [3.8, 4) is 0 Å². The van der Waals surface area contributed by atoms with Crippen LogP contribution in [0.15, 0.2) is 72.8 Å². The van der Waals surface area contributed by atoms with E-state index in [0.717, 1.165) is 13.1 Å². The van der Waals surface area contributed by atoms with Gasteiger partial charge in [-0.2, -0.15) is 0 Å². The van der Waals surface area contributed by atoms with Gasteiger partial charge in [0.1, 0.15) is 0 Å². The molecule has 0 aliphatic rings. The molecule has 2 aromatic heterocycles. The van der Waals surface area contributed by atoms with Crippen molar-refractivity contribution < 1.29 is 0 Å². The molecule has 0 aliphatic carbocycles. The van der Waals surface area contributed by atoms with E-state index in [0.29, 0.717) is 0 Å². The van der Waals surface area contributed by atoms with Crippen LogP contribution in [0.25, 0.3) is 54.4 Å². The Morgan fingerprint density at radius 2 is 0.667 bits per heavy atom. The summed E-state index contributed by atoms with van der Waals surface area (Å²) in [7, 11) is 0. The summed E-state index contributed by atoms with van der Waals surface area (Å²) in [5, 5.41) is 8.33. The molecule has 0 spiro atoms. The van der Waals surface area contributed by atoms with Crippen molar-refractivity contribution in [3.05, 3.63) is 72.8 Å². The van der Waals surface area contributed by atoms with Gasteiger partial charge in [-0.15, -0.1) is 0 Å². The van der Waals surface area contributed by atoms with Gasteiger partial charge in [0.2, 0.25) is 0 Å². The molecule has 0 bridgehead atoms. The van der Waals surface area contributed by atoms with Crippen LogP contribution in [0, 0.1) is 0 Å². The number of fused-ring (bicyclic) bond motifs is 7. The number of para-hydroxylation sites is 2. The van der Waals surface area contributed by atoms with E-state index in [1.54, 1.807) is 0 Å². The van der Waals surface area contributed by atoms with Gasteiger partial charge in [-0.05, 0) is 60.0 Å². The van der Waals surface area contributed by atoms with E-state index in [4.69, 9.17) is 0 Å². The van der Waals surface area contributed by atoms with Crippen molar-refractivity contribution in [3.63, 3.8) is 0 Å². The first-order valence-corrected chi connectivity index (χ1v) is 20.2. The summed E-state index contributed by atoms with van der Waals surface area (Å²) in [4.78, 5) is 0. The zero-order valence-corrected chi connectivity index (χ0v) is 30.4. The molecule has 0 saturated heterocycles. The average molecular weight is 643 g/mol. The minimum absolute atomic E-state index is 1.10. The average Bonchev–Trinajstić information content (AvgIpc) is 3.59. The molecule has 6 rings (SSSR count). The number of hydrogen-bond donors (Lipinski definition) is 0. The third kappa shape index (κ3) is 8.30. The van der Waals surface area contributed by atoms with Crippen LogP contribution in [-0.4, -0.2) is 9.13 Å². The smallest absolute Gasteiger partial charge is 0.0497 e. The normalized spacial score (nSPS) is 12.1. The molecule has 4 aromatic carbocycles. The van der Waals surface area contributed by atoms with Crippen molar-refractivity contribution >= 4 is 54.4 Å². The molecule has 0 fully saturated rings. The quantitative estimate of drug-likeness (QED) is 0.0652. The molecule has 0 aliphatic heterocycles. The fourth-order valence-electron chi connectivity index (χ4n) is 8.33. The van der Waals surface area contributed by atoms with Gasteiger partial charge in [0.25, 0.3) is 0 Å². The molecule has 6 aromatic rings. The topological polar surface area (TPSA) is 9.86 Å².